The summed E-state index contributed by atoms with van der Waals surface area (Å²) in [6, 6.07) is 16.9. The predicted octanol–water partition coefficient (Wildman–Crippen LogP) is 3.44. The molecule has 2 heterocycles. The Morgan fingerprint density at radius 3 is 2.81 bits per heavy atom. The normalized spacial score (nSPS) is 10.7. The summed E-state index contributed by atoms with van der Waals surface area (Å²) < 4.78 is 6.83. The van der Waals surface area contributed by atoms with Crippen molar-refractivity contribution in [2.24, 2.45) is 0 Å². The highest BCUT2D eigenvalue weighted by Gasteiger charge is 2.13. The number of rotatable bonds is 7. The van der Waals surface area contributed by atoms with Gasteiger partial charge in [-0.2, -0.15) is 9.61 Å². The zero-order chi connectivity index (χ0) is 21.8. The number of non-ortho nitro benzene ring substituents is 1. The quantitative estimate of drug-likeness (QED) is 0.265. The van der Waals surface area contributed by atoms with Gasteiger partial charge in [0.2, 0.25) is 11.1 Å². The molecule has 0 aliphatic rings. The molecule has 0 fully saturated rings. The van der Waals surface area contributed by atoms with E-state index in [4.69, 9.17) is 4.74 Å². The van der Waals surface area contributed by atoms with E-state index in [1.54, 1.807) is 23.8 Å². The molecule has 0 saturated carbocycles. The van der Waals surface area contributed by atoms with Crippen molar-refractivity contribution in [2.75, 3.05) is 18.2 Å². The summed E-state index contributed by atoms with van der Waals surface area (Å²) in [6.07, 6.45) is 0. The first kappa shape index (κ1) is 20.3. The topological polar surface area (TPSA) is 125 Å². The summed E-state index contributed by atoms with van der Waals surface area (Å²) in [6.45, 7) is 0. The summed E-state index contributed by atoms with van der Waals surface area (Å²) in [7, 11) is 1.60. The van der Waals surface area contributed by atoms with E-state index < -0.39 is 4.92 Å². The zero-order valence-corrected chi connectivity index (χ0v) is 17.1. The molecule has 4 rings (SSSR count). The molecule has 0 spiro atoms. The number of fused-ring (bicyclic) bond motifs is 1. The van der Waals surface area contributed by atoms with Crippen LogP contribution >= 0.6 is 11.8 Å². The minimum absolute atomic E-state index is 0.0363. The lowest BCUT2D eigenvalue weighted by molar-refractivity contribution is -0.384. The van der Waals surface area contributed by atoms with Crippen LogP contribution in [0.2, 0.25) is 0 Å². The maximum Gasteiger partial charge on any atom is 0.271 e. The molecule has 0 bridgehead atoms. The first-order valence-electron chi connectivity index (χ1n) is 9.07. The number of anilines is 1. The second-order valence-corrected chi connectivity index (χ2v) is 7.29. The number of ether oxygens (including phenoxy) is 1. The van der Waals surface area contributed by atoms with Gasteiger partial charge in [-0.15, -0.1) is 10.2 Å². The van der Waals surface area contributed by atoms with Gasteiger partial charge in [-0.05, 0) is 30.3 Å². The van der Waals surface area contributed by atoms with Crippen LogP contribution in [0.1, 0.15) is 0 Å². The van der Waals surface area contributed by atoms with Gasteiger partial charge in [-0.25, -0.2) is 0 Å². The molecule has 0 saturated heterocycles. The number of nitro groups is 1. The van der Waals surface area contributed by atoms with Gasteiger partial charge in [0.05, 0.1) is 23.5 Å². The fourth-order valence-corrected chi connectivity index (χ4v) is 3.51. The Kier molecular flexibility index (Phi) is 5.76. The van der Waals surface area contributed by atoms with Crippen molar-refractivity contribution in [2.45, 2.75) is 5.16 Å². The van der Waals surface area contributed by atoms with Crippen molar-refractivity contribution >= 4 is 34.7 Å². The van der Waals surface area contributed by atoms with Crippen molar-refractivity contribution in [3.63, 3.8) is 0 Å². The Hall–Kier alpha value is -3.99. The lowest BCUT2D eigenvalue weighted by Gasteiger charge is -2.06. The van der Waals surface area contributed by atoms with E-state index in [0.717, 1.165) is 23.1 Å². The number of nitro benzene ring substituents is 1. The highest BCUT2D eigenvalue weighted by atomic mass is 32.2. The Bertz CT molecular complexity index is 1280. The number of hydrogen-bond acceptors (Lipinski definition) is 8. The second-order valence-electron chi connectivity index (χ2n) is 6.35. The average Bonchev–Trinajstić information content (AvgIpc) is 3.20. The zero-order valence-electron chi connectivity index (χ0n) is 16.3. The maximum atomic E-state index is 12.3. The number of aromatic nitrogens is 4. The fourth-order valence-electron chi connectivity index (χ4n) is 2.82. The van der Waals surface area contributed by atoms with E-state index in [1.807, 2.05) is 30.3 Å². The van der Waals surface area contributed by atoms with E-state index in [0.29, 0.717) is 22.2 Å². The van der Waals surface area contributed by atoms with Crippen molar-refractivity contribution in [1.82, 2.24) is 19.8 Å². The average molecular weight is 436 g/mol. The molecule has 4 aromatic rings. The first-order chi connectivity index (χ1) is 15.0. The van der Waals surface area contributed by atoms with Crippen LogP contribution in [0.15, 0.2) is 65.8 Å². The molecule has 2 aromatic heterocycles. The monoisotopic (exact) mass is 436 g/mol. The summed E-state index contributed by atoms with van der Waals surface area (Å²) in [5.74, 6) is 0.427. The Balaban J connectivity index is 1.49. The van der Waals surface area contributed by atoms with Crippen LogP contribution in [-0.4, -0.2) is 43.5 Å². The molecule has 0 radical (unpaired) electrons. The lowest BCUT2D eigenvalue weighted by Crippen LogP contribution is -2.14. The third kappa shape index (κ3) is 4.61. The van der Waals surface area contributed by atoms with Gasteiger partial charge < -0.3 is 10.1 Å². The molecule has 0 unspecified atom stereocenters. The number of carbonyl (C=O) groups excluding carboxylic acids is 1. The number of methoxy groups -OCH3 is 1. The van der Waals surface area contributed by atoms with Gasteiger partial charge in [0.25, 0.3) is 5.69 Å². The number of carbonyl (C=O) groups is 1. The predicted molar refractivity (Wildman–Crippen MR) is 115 cm³/mol. The SMILES string of the molecule is COc1cccc(-c2ccc3nnc(SCC(=O)Nc4cccc([N+](=O)[O-])c4)n3n2)c1. The lowest BCUT2D eigenvalue weighted by atomic mass is 10.1. The van der Waals surface area contributed by atoms with Gasteiger partial charge in [0.1, 0.15) is 5.75 Å². The summed E-state index contributed by atoms with van der Waals surface area (Å²) in [5, 5.41) is 26.7. The van der Waals surface area contributed by atoms with Gasteiger partial charge in [-0.1, -0.05) is 30.0 Å². The molecular weight excluding hydrogens is 420 g/mol. The van der Waals surface area contributed by atoms with Crippen LogP contribution in [0.3, 0.4) is 0 Å². The standard InChI is InChI=1S/C20H16N6O4S/c1-30-16-7-2-4-13(10-16)17-8-9-18-22-23-20(25(18)24-17)31-12-19(27)21-14-5-3-6-15(11-14)26(28)29/h2-11H,12H2,1H3,(H,21,27). The molecule has 1 N–H and O–H groups in total. The number of amides is 1. The molecular formula is C20H16N6O4S. The molecule has 11 heteroatoms. The maximum absolute atomic E-state index is 12.3. The van der Waals surface area contributed by atoms with Crippen molar-refractivity contribution in [3.05, 3.63) is 70.8 Å². The van der Waals surface area contributed by atoms with Crippen LogP contribution in [0.4, 0.5) is 11.4 Å². The number of nitrogens with one attached hydrogen (secondary N) is 1. The van der Waals surface area contributed by atoms with E-state index in [2.05, 4.69) is 20.6 Å². The molecule has 10 nitrogen and oxygen atoms in total. The van der Waals surface area contributed by atoms with E-state index in [1.165, 1.54) is 18.2 Å². The minimum Gasteiger partial charge on any atom is -0.497 e. The summed E-state index contributed by atoms with van der Waals surface area (Å²) in [4.78, 5) is 22.6. The van der Waals surface area contributed by atoms with Gasteiger partial charge in [0.15, 0.2) is 5.65 Å². The molecule has 1 amide bonds. The third-order valence-corrected chi connectivity index (χ3v) is 5.19. The third-order valence-electron chi connectivity index (χ3n) is 4.27. The minimum atomic E-state index is -0.516. The molecule has 2 aromatic carbocycles. The molecule has 156 valence electrons. The molecule has 0 atom stereocenters. The van der Waals surface area contributed by atoms with Crippen molar-refractivity contribution in [1.29, 1.82) is 0 Å². The number of nitrogens with zero attached hydrogens (tertiary/aromatic N) is 5. The van der Waals surface area contributed by atoms with Crippen LogP contribution in [0.25, 0.3) is 16.9 Å². The second kappa shape index (κ2) is 8.79. The van der Waals surface area contributed by atoms with Gasteiger partial charge in [-0.3, -0.25) is 14.9 Å². The summed E-state index contributed by atoms with van der Waals surface area (Å²) in [5.41, 5.74) is 2.38. The molecule has 31 heavy (non-hydrogen) atoms. The number of benzene rings is 2. The Morgan fingerprint density at radius 1 is 1.16 bits per heavy atom. The Labute approximate surface area is 180 Å². The first-order valence-corrected chi connectivity index (χ1v) is 10.1. The number of thioether (sulfide) groups is 1. The molecule has 0 aliphatic carbocycles. The van der Waals surface area contributed by atoms with E-state index in [-0.39, 0.29) is 17.3 Å². The fraction of sp³-hybridized carbons (Fsp3) is 0.100. The smallest absolute Gasteiger partial charge is 0.271 e. The highest BCUT2D eigenvalue weighted by molar-refractivity contribution is 7.99. The van der Waals surface area contributed by atoms with Crippen LogP contribution in [0, 0.1) is 10.1 Å². The largest absolute Gasteiger partial charge is 0.497 e. The van der Waals surface area contributed by atoms with Crippen LogP contribution in [0.5, 0.6) is 5.75 Å². The van der Waals surface area contributed by atoms with Crippen LogP contribution in [-0.2, 0) is 4.79 Å². The summed E-state index contributed by atoms with van der Waals surface area (Å²) >= 11 is 1.16. The van der Waals surface area contributed by atoms with E-state index >= 15 is 0 Å². The number of hydrogen-bond donors (Lipinski definition) is 1. The van der Waals surface area contributed by atoms with Crippen molar-refractivity contribution < 1.29 is 14.5 Å². The van der Waals surface area contributed by atoms with E-state index in [9.17, 15) is 14.9 Å². The van der Waals surface area contributed by atoms with Gasteiger partial charge in [0, 0.05) is 23.4 Å². The van der Waals surface area contributed by atoms with Crippen LogP contribution < -0.4 is 10.1 Å². The van der Waals surface area contributed by atoms with Gasteiger partial charge >= 0.3 is 0 Å². The molecule has 0 aliphatic heterocycles. The highest BCUT2D eigenvalue weighted by Crippen LogP contribution is 2.24. The van der Waals surface area contributed by atoms with Crippen molar-refractivity contribution in [3.8, 4) is 17.0 Å². The Morgan fingerprint density at radius 2 is 2.00 bits per heavy atom.